The summed E-state index contributed by atoms with van der Waals surface area (Å²) in [6, 6.07) is 0. The molecule has 1 aliphatic carbocycles. The molecule has 0 atom stereocenters. The molecule has 0 aliphatic heterocycles. The fourth-order valence-electron chi connectivity index (χ4n) is 3.17. The number of ether oxygens (including phenoxy) is 1. The zero-order chi connectivity index (χ0) is 16.4. The number of allylic oxidation sites excluding steroid dienone is 3. The maximum atomic E-state index is 6.04. The molecule has 0 bridgehead atoms. The summed E-state index contributed by atoms with van der Waals surface area (Å²) < 4.78 is 6.04. The van der Waals surface area contributed by atoms with Gasteiger partial charge in [0.05, 0.1) is 13.2 Å². The molecule has 0 aromatic carbocycles. The largest absolute Gasteiger partial charge is 0.496 e. The lowest BCUT2D eigenvalue weighted by atomic mass is 9.87. The Balaban J connectivity index is 2.46. The summed E-state index contributed by atoms with van der Waals surface area (Å²) in [7, 11) is 1.98. The highest BCUT2D eigenvalue weighted by molar-refractivity contribution is 5.08. The van der Waals surface area contributed by atoms with Crippen molar-refractivity contribution in [3.63, 3.8) is 0 Å². The van der Waals surface area contributed by atoms with Crippen molar-refractivity contribution in [2.75, 3.05) is 26.7 Å². The molecule has 3 nitrogen and oxygen atoms in total. The molecule has 0 amide bonds. The minimum absolute atomic E-state index is 0.869. The van der Waals surface area contributed by atoms with Crippen LogP contribution < -0.4 is 5.32 Å². The summed E-state index contributed by atoms with van der Waals surface area (Å²) in [6.45, 7) is 11.3. The Morgan fingerprint density at radius 1 is 1.23 bits per heavy atom. The quantitative estimate of drug-likeness (QED) is 0.626. The minimum atomic E-state index is 0.869. The van der Waals surface area contributed by atoms with E-state index in [-0.39, 0.29) is 0 Å². The predicted octanol–water partition coefficient (Wildman–Crippen LogP) is 4.67. The van der Waals surface area contributed by atoms with E-state index >= 15 is 0 Å². The minimum Gasteiger partial charge on any atom is -0.496 e. The van der Waals surface area contributed by atoms with Gasteiger partial charge < -0.3 is 15.0 Å². The molecule has 0 spiro atoms. The number of hydrogen-bond donors (Lipinski definition) is 1. The lowest BCUT2D eigenvalue weighted by molar-refractivity contribution is 0.167. The van der Waals surface area contributed by atoms with Crippen molar-refractivity contribution >= 4 is 0 Å². The molecule has 1 saturated carbocycles. The number of nitrogens with one attached hydrogen (secondary N) is 1. The summed E-state index contributed by atoms with van der Waals surface area (Å²) in [4.78, 5) is 2.36. The number of rotatable bonds is 9. The van der Waals surface area contributed by atoms with E-state index in [1.807, 2.05) is 7.05 Å². The van der Waals surface area contributed by atoms with E-state index in [1.165, 1.54) is 49.9 Å². The van der Waals surface area contributed by atoms with Gasteiger partial charge in [-0.2, -0.15) is 0 Å². The van der Waals surface area contributed by atoms with Gasteiger partial charge >= 0.3 is 0 Å². The molecule has 0 aromatic rings. The Kier molecular flexibility index (Phi) is 9.10. The molecule has 0 unspecified atom stereocenters. The maximum absolute atomic E-state index is 6.04. The summed E-state index contributed by atoms with van der Waals surface area (Å²) in [5.41, 5.74) is 2.50. The summed E-state index contributed by atoms with van der Waals surface area (Å²) in [6.07, 6.45) is 10.4. The Bertz CT molecular complexity index is 368. The Hall–Kier alpha value is -1.12. The Labute approximate surface area is 137 Å². The fourth-order valence-corrected chi connectivity index (χ4v) is 3.17. The topological polar surface area (TPSA) is 24.5 Å². The predicted molar refractivity (Wildman–Crippen MR) is 95.6 cm³/mol. The second kappa shape index (κ2) is 10.6. The van der Waals surface area contributed by atoms with Gasteiger partial charge in [-0.15, -0.1) is 0 Å². The van der Waals surface area contributed by atoms with Gasteiger partial charge in [0.2, 0.25) is 0 Å². The van der Waals surface area contributed by atoms with Crippen LogP contribution in [0.2, 0.25) is 0 Å². The van der Waals surface area contributed by atoms with Gasteiger partial charge in [0.25, 0.3) is 0 Å². The SMILES string of the molecule is C/C=C(/CN(CC)/C(C)=C(/C)OCCC1CCCCC1)NC. The molecule has 1 rings (SSSR count). The van der Waals surface area contributed by atoms with E-state index in [0.29, 0.717) is 0 Å². The van der Waals surface area contributed by atoms with Crippen molar-refractivity contribution in [3.05, 3.63) is 23.2 Å². The molecule has 0 heterocycles. The highest BCUT2D eigenvalue weighted by Gasteiger charge is 2.14. The van der Waals surface area contributed by atoms with Crippen molar-refractivity contribution in [3.8, 4) is 0 Å². The van der Waals surface area contributed by atoms with Gasteiger partial charge in [-0.25, -0.2) is 0 Å². The van der Waals surface area contributed by atoms with Crippen molar-refractivity contribution in [2.45, 2.75) is 66.2 Å². The van der Waals surface area contributed by atoms with Crippen LogP contribution >= 0.6 is 0 Å². The highest BCUT2D eigenvalue weighted by atomic mass is 16.5. The van der Waals surface area contributed by atoms with Crippen molar-refractivity contribution < 1.29 is 4.74 Å². The van der Waals surface area contributed by atoms with E-state index in [1.54, 1.807) is 0 Å². The van der Waals surface area contributed by atoms with E-state index in [0.717, 1.165) is 31.4 Å². The van der Waals surface area contributed by atoms with Crippen molar-refractivity contribution in [2.24, 2.45) is 5.92 Å². The molecule has 0 radical (unpaired) electrons. The molecule has 1 N–H and O–H groups in total. The van der Waals surface area contributed by atoms with E-state index in [2.05, 4.69) is 44.0 Å². The average molecular weight is 309 g/mol. The zero-order valence-electron chi connectivity index (χ0n) is 15.4. The van der Waals surface area contributed by atoms with Crippen LogP contribution in [-0.4, -0.2) is 31.6 Å². The third kappa shape index (κ3) is 6.33. The molecule has 1 aliphatic rings. The summed E-state index contributed by atoms with van der Waals surface area (Å²) in [5, 5.41) is 3.25. The molecule has 128 valence electrons. The first-order chi connectivity index (χ1) is 10.6. The molecule has 0 saturated heterocycles. The normalized spacial score (nSPS) is 18.0. The maximum Gasteiger partial charge on any atom is 0.112 e. The second-order valence-corrected chi connectivity index (χ2v) is 6.36. The van der Waals surface area contributed by atoms with Crippen molar-refractivity contribution in [1.82, 2.24) is 10.2 Å². The van der Waals surface area contributed by atoms with Crippen LogP contribution in [0.3, 0.4) is 0 Å². The summed E-state index contributed by atoms with van der Waals surface area (Å²) in [5.74, 6) is 1.97. The number of nitrogens with zero attached hydrogens (tertiary/aromatic N) is 1. The molecule has 1 fully saturated rings. The standard InChI is InChI=1S/C19H36N2O/c1-6-19(20-5)15-21(7-2)16(3)17(4)22-14-13-18-11-9-8-10-12-18/h6,18,20H,7-15H2,1-5H3/b17-16-,19-6-. The highest BCUT2D eigenvalue weighted by Crippen LogP contribution is 2.26. The van der Waals surface area contributed by atoms with Gasteiger partial charge in [-0.3, -0.25) is 0 Å². The molecule has 22 heavy (non-hydrogen) atoms. The van der Waals surface area contributed by atoms with Crippen LogP contribution in [0.25, 0.3) is 0 Å². The lowest BCUT2D eigenvalue weighted by Gasteiger charge is -2.27. The van der Waals surface area contributed by atoms with Gasteiger partial charge in [-0.05, 0) is 40.0 Å². The lowest BCUT2D eigenvalue weighted by Crippen LogP contribution is -2.28. The van der Waals surface area contributed by atoms with Crippen molar-refractivity contribution in [1.29, 1.82) is 0 Å². The summed E-state index contributed by atoms with van der Waals surface area (Å²) >= 11 is 0. The second-order valence-electron chi connectivity index (χ2n) is 6.36. The van der Waals surface area contributed by atoms with Crippen LogP contribution in [0.4, 0.5) is 0 Å². The first-order valence-corrected chi connectivity index (χ1v) is 9.00. The molecular formula is C19H36N2O. The van der Waals surface area contributed by atoms with Gasteiger partial charge in [-0.1, -0.05) is 38.2 Å². The van der Waals surface area contributed by atoms with Gasteiger partial charge in [0, 0.05) is 25.0 Å². The fraction of sp³-hybridized carbons (Fsp3) is 0.789. The van der Waals surface area contributed by atoms with E-state index in [9.17, 15) is 0 Å². The van der Waals surface area contributed by atoms with Gasteiger partial charge in [0.15, 0.2) is 0 Å². The first-order valence-electron chi connectivity index (χ1n) is 9.00. The average Bonchev–Trinajstić information content (AvgIpc) is 2.56. The molecular weight excluding hydrogens is 272 g/mol. The van der Waals surface area contributed by atoms with Crippen LogP contribution in [0.1, 0.15) is 66.2 Å². The Morgan fingerprint density at radius 2 is 1.91 bits per heavy atom. The van der Waals surface area contributed by atoms with Crippen LogP contribution in [0.15, 0.2) is 23.2 Å². The third-order valence-electron chi connectivity index (χ3n) is 4.97. The zero-order valence-corrected chi connectivity index (χ0v) is 15.4. The molecule has 3 heteroatoms. The van der Waals surface area contributed by atoms with Crippen LogP contribution in [-0.2, 0) is 4.74 Å². The number of hydrogen-bond acceptors (Lipinski definition) is 3. The number of likely N-dealkylation sites (N-methyl/N-ethyl adjacent to an activating group) is 2. The first kappa shape index (κ1) is 18.9. The third-order valence-corrected chi connectivity index (χ3v) is 4.97. The van der Waals surface area contributed by atoms with Gasteiger partial charge in [0.1, 0.15) is 5.76 Å². The van der Waals surface area contributed by atoms with E-state index < -0.39 is 0 Å². The molecule has 0 aromatic heterocycles. The van der Waals surface area contributed by atoms with Crippen LogP contribution in [0.5, 0.6) is 0 Å². The Morgan fingerprint density at radius 3 is 2.45 bits per heavy atom. The van der Waals surface area contributed by atoms with E-state index in [4.69, 9.17) is 4.74 Å². The monoisotopic (exact) mass is 308 g/mol. The smallest absolute Gasteiger partial charge is 0.112 e. The van der Waals surface area contributed by atoms with Crippen LogP contribution in [0, 0.1) is 5.92 Å².